The molecule has 1 fully saturated rings. The van der Waals surface area contributed by atoms with Crippen LogP contribution in [0.25, 0.3) is 0 Å². The summed E-state index contributed by atoms with van der Waals surface area (Å²) in [5.74, 6) is -0.898. The summed E-state index contributed by atoms with van der Waals surface area (Å²) in [4.78, 5) is 23.7. The maximum absolute atomic E-state index is 11.8. The number of nitrogens with one attached hydrogen (secondary N) is 1. The summed E-state index contributed by atoms with van der Waals surface area (Å²) in [7, 11) is 0. The molecule has 2 N–H and O–H groups in total. The van der Waals surface area contributed by atoms with Crippen molar-refractivity contribution in [2.24, 2.45) is 5.92 Å². The van der Waals surface area contributed by atoms with E-state index in [1.165, 1.54) is 17.4 Å². The molecule has 2 rings (SSSR count). The Kier molecular flexibility index (Phi) is 3.19. The highest BCUT2D eigenvalue weighted by Crippen LogP contribution is 2.50. The Morgan fingerprint density at radius 1 is 1.59 bits per heavy atom. The van der Waals surface area contributed by atoms with Gasteiger partial charge in [0.15, 0.2) is 0 Å². The van der Waals surface area contributed by atoms with Crippen molar-refractivity contribution < 1.29 is 14.7 Å². The topological polar surface area (TPSA) is 66.4 Å². The molecule has 0 unspecified atom stereocenters. The molecule has 1 amide bonds. The number of aliphatic carboxylic acids is 1. The first-order valence-electron chi connectivity index (χ1n) is 5.58. The van der Waals surface area contributed by atoms with Crippen LogP contribution < -0.4 is 5.32 Å². The Labute approximate surface area is 104 Å². The van der Waals surface area contributed by atoms with Crippen LogP contribution in [0.2, 0.25) is 0 Å². The van der Waals surface area contributed by atoms with Crippen LogP contribution in [0.15, 0.2) is 11.4 Å². The molecule has 0 aromatic carbocycles. The zero-order chi connectivity index (χ0) is 12.6. The number of amides is 1. The number of carboxylic acids is 1. The predicted octanol–water partition coefficient (Wildman–Crippen LogP) is 1.75. The number of carbonyl (C=O) groups is 2. The average Bonchev–Trinajstić information content (AvgIpc) is 2.94. The van der Waals surface area contributed by atoms with Crippen LogP contribution in [0.4, 0.5) is 0 Å². The van der Waals surface area contributed by atoms with Crippen molar-refractivity contribution in [3.63, 3.8) is 0 Å². The lowest BCUT2D eigenvalue weighted by atomic mass is 10.2. The molecule has 0 radical (unpaired) electrons. The van der Waals surface area contributed by atoms with E-state index in [9.17, 15) is 9.59 Å². The van der Waals surface area contributed by atoms with E-state index >= 15 is 0 Å². The Bertz CT molecular complexity index is 454. The van der Waals surface area contributed by atoms with Gasteiger partial charge in [0.2, 0.25) is 5.91 Å². The van der Waals surface area contributed by atoms with E-state index in [1.807, 2.05) is 18.4 Å². The Hall–Kier alpha value is -1.36. The summed E-state index contributed by atoms with van der Waals surface area (Å²) in [6, 6.07) is 1.24. The highest BCUT2D eigenvalue weighted by atomic mass is 32.1. The summed E-state index contributed by atoms with van der Waals surface area (Å²) >= 11 is 1.67. The molecule has 1 aromatic rings. The quantitative estimate of drug-likeness (QED) is 0.859. The number of hydrogen-bond acceptors (Lipinski definition) is 3. The summed E-state index contributed by atoms with van der Waals surface area (Å²) < 4.78 is 0. The molecule has 3 atom stereocenters. The monoisotopic (exact) mass is 253 g/mol. The average molecular weight is 253 g/mol. The van der Waals surface area contributed by atoms with Crippen LogP contribution in [-0.4, -0.2) is 23.0 Å². The lowest BCUT2D eigenvalue weighted by Gasteiger charge is -2.08. The second-order valence-corrected chi connectivity index (χ2v) is 5.43. The summed E-state index contributed by atoms with van der Waals surface area (Å²) in [5.41, 5.74) is 1.22. The fourth-order valence-corrected chi connectivity index (χ4v) is 3.03. The SMILES string of the molecule is Cc1ccsc1[C@@H]1C[C@@H]1C(=O)N[C@@H](C)C(=O)O. The number of aryl methyl sites for hydroxylation is 1. The van der Waals surface area contributed by atoms with Crippen molar-refractivity contribution in [1.82, 2.24) is 5.32 Å². The molecule has 0 bridgehead atoms. The zero-order valence-electron chi connectivity index (χ0n) is 9.77. The van der Waals surface area contributed by atoms with Gasteiger partial charge in [0.25, 0.3) is 0 Å². The van der Waals surface area contributed by atoms with E-state index in [4.69, 9.17) is 5.11 Å². The van der Waals surface area contributed by atoms with E-state index in [-0.39, 0.29) is 17.7 Å². The molecular weight excluding hydrogens is 238 g/mol. The van der Waals surface area contributed by atoms with Crippen LogP contribution in [0.1, 0.15) is 29.7 Å². The molecule has 1 aliphatic rings. The van der Waals surface area contributed by atoms with Gasteiger partial charge in [-0.1, -0.05) is 0 Å². The van der Waals surface area contributed by atoms with Gasteiger partial charge in [0.1, 0.15) is 6.04 Å². The lowest BCUT2D eigenvalue weighted by Crippen LogP contribution is -2.39. The molecule has 0 spiro atoms. The van der Waals surface area contributed by atoms with Gasteiger partial charge in [-0.05, 0) is 37.3 Å². The zero-order valence-corrected chi connectivity index (χ0v) is 10.6. The van der Waals surface area contributed by atoms with Crippen LogP contribution >= 0.6 is 11.3 Å². The van der Waals surface area contributed by atoms with Crippen molar-refractivity contribution in [2.45, 2.75) is 32.2 Å². The van der Waals surface area contributed by atoms with E-state index in [0.717, 1.165) is 6.42 Å². The fraction of sp³-hybridized carbons (Fsp3) is 0.500. The maximum Gasteiger partial charge on any atom is 0.325 e. The first kappa shape index (κ1) is 12.1. The standard InChI is InChI=1S/C12H15NO3S/c1-6-3-4-17-10(6)8-5-9(8)11(14)13-7(2)12(15)16/h3-4,7-9H,5H2,1-2H3,(H,13,14)(H,15,16)/t7-,8+,9-/m0/s1. The second-order valence-electron chi connectivity index (χ2n) is 4.49. The molecule has 0 saturated heterocycles. The van der Waals surface area contributed by atoms with E-state index in [2.05, 4.69) is 5.32 Å². The third-order valence-corrected chi connectivity index (χ3v) is 4.25. The fourth-order valence-electron chi connectivity index (χ4n) is 1.92. The number of carbonyl (C=O) groups excluding carboxylic acids is 1. The van der Waals surface area contributed by atoms with Crippen molar-refractivity contribution in [3.05, 3.63) is 21.9 Å². The minimum Gasteiger partial charge on any atom is -0.480 e. The predicted molar refractivity (Wildman–Crippen MR) is 65.1 cm³/mol. The Morgan fingerprint density at radius 2 is 2.29 bits per heavy atom. The van der Waals surface area contributed by atoms with Gasteiger partial charge in [0.05, 0.1) is 0 Å². The normalized spacial score (nSPS) is 24.1. The lowest BCUT2D eigenvalue weighted by molar-refractivity contribution is -0.141. The number of thiophene rings is 1. The number of carboxylic acid groups (broad SMARTS) is 1. The molecule has 1 saturated carbocycles. The second kappa shape index (κ2) is 4.49. The molecule has 4 nitrogen and oxygen atoms in total. The molecule has 92 valence electrons. The minimum absolute atomic E-state index is 0.0471. The van der Waals surface area contributed by atoms with Crippen LogP contribution in [0, 0.1) is 12.8 Å². The van der Waals surface area contributed by atoms with Gasteiger partial charge in [-0.15, -0.1) is 11.3 Å². The molecule has 1 heterocycles. The molecular formula is C12H15NO3S. The van der Waals surface area contributed by atoms with Crippen LogP contribution in [0.3, 0.4) is 0 Å². The van der Waals surface area contributed by atoms with Gasteiger partial charge in [0, 0.05) is 16.7 Å². The van der Waals surface area contributed by atoms with E-state index < -0.39 is 12.0 Å². The highest BCUT2D eigenvalue weighted by Gasteiger charge is 2.45. The highest BCUT2D eigenvalue weighted by molar-refractivity contribution is 7.10. The molecule has 1 aliphatic carbocycles. The van der Waals surface area contributed by atoms with Crippen LogP contribution in [0.5, 0.6) is 0 Å². The third-order valence-electron chi connectivity index (χ3n) is 3.09. The molecule has 0 aliphatic heterocycles. The smallest absolute Gasteiger partial charge is 0.325 e. The first-order chi connectivity index (χ1) is 8.00. The van der Waals surface area contributed by atoms with Crippen molar-refractivity contribution in [1.29, 1.82) is 0 Å². The molecule has 5 heteroatoms. The van der Waals surface area contributed by atoms with E-state index in [1.54, 1.807) is 11.3 Å². The molecule has 1 aromatic heterocycles. The third kappa shape index (κ3) is 2.49. The van der Waals surface area contributed by atoms with Gasteiger partial charge >= 0.3 is 5.97 Å². The van der Waals surface area contributed by atoms with Crippen molar-refractivity contribution in [3.8, 4) is 0 Å². The minimum atomic E-state index is -0.997. The summed E-state index contributed by atoms with van der Waals surface area (Å²) in [5, 5.41) is 13.3. The Balaban J connectivity index is 1.93. The van der Waals surface area contributed by atoms with Gasteiger partial charge < -0.3 is 10.4 Å². The molecule has 17 heavy (non-hydrogen) atoms. The number of hydrogen-bond donors (Lipinski definition) is 2. The summed E-state index contributed by atoms with van der Waals surface area (Å²) in [6.45, 7) is 3.52. The summed E-state index contributed by atoms with van der Waals surface area (Å²) in [6.07, 6.45) is 0.833. The maximum atomic E-state index is 11.8. The van der Waals surface area contributed by atoms with Crippen molar-refractivity contribution >= 4 is 23.2 Å². The van der Waals surface area contributed by atoms with Crippen molar-refractivity contribution in [2.75, 3.05) is 0 Å². The van der Waals surface area contributed by atoms with Crippen LogP contribution in [-0.2, 0) is 9.59 Å². The largest absolute Gasteiger partial charge is 0.480 e. The van der Waals surface area contributed by atoms with Gasteiger partial charge in [-0.25, -0.2) is 0 Å². The van der Waals surface area contributed by atoms with E-state index in [0.29, 0.717) is 0 Å². The van der Waals surface area contributed by atoms with Gasteiger partial charge in [-0.2, -0.15) is 0 Å². The number of rotatable bonds is 4. The first-order valence-corrected chi connectivity index (χ1v) is 6.46. The Morgan fingerprint density at radius 3 is 2.82 bits per heavy atom. The van der Waals surface area contributed by atoms with Gasteiger partial charge in [-0.3, -0.25) is 9.59 Å².